The minimum absolute atomic E-state index is 0.263. The monoisotopic (exact) mass is 263 g/mol. The SMILES string of the molecule is CC(C)Nc1ccc2c(c1)C(C)(C)CC(C)(C)S2. The average molecular weight is 263 g/mol. The Morgan fingerprint density at radius 1 is 1.17 bits per heavy atom. The van der Waals surface area contributed by atoms with E-state index in [4.69, 9.17) is 0 Å². The lowest BCUT2D eigenvalue weighted by molar-refractivity contribution is 0.408. The lowest BCUT2D eigenvalue weighted by atomic mass is 9.77. The summed E-state index contributed by atoms with van der Waals surface area (Å²) >= 11 is 2.02. The first-order chi connectivity index (χ1) is 8.20. The molecule has 18 heavy (non-hydrogen) atoms. The smallest absolute Gasteiger partial charge is 0.0345 e. The number of nitrogens with one attached hydrogen (secondary N) is 1. The first-order valence-corrected chi connectivity index (χ1v) is 7.61. The van der Waals surface area contributed by atoms with Crippen molar-refractivity contribution in [1.29, 1.82) is 0 Å². The fraction of sp³-hybridized carbons (Fsp3) is 0.625. The van der Waals surface area contributed by atoms with Crippen molar-refractivity contribution < 1.29 is 0 Å². The molecule has 0 atom stereocenters. The van der Waals surface area contributed by atoms with Crippen LogP contribution in [-0.2, 0) is 5.41 Å². The highest BCUT2D eigenvalue weighted by Gasteiger charge is 2.37. The number of hydrogen-bond donors (Lipinski definition) is 1. The molecular weight excluding hydrogens is 238 g/mol. The van der Waals surface area contributed by atoms with Crippen molar-refractivity contribution in [3.05, 3.63) is 23.8 Å². The predicted molar refractivity (Wildman–Crippen MR) is 82.8 cm³/mol. The minimum Gasteiger partial charge on any atom is -0.383 e. The van der Waals surface area contributed by atoms with E-state index in [1.807, 2.05) is 11.8 Å². The highest BCUT2D eigenvalue weighted by molar-refractivity contribution is 8.00. The molecule has 1 heterocycles. The highest BCUT2D eigenvalue weighted by Crippen LogP contribution is 2.51. The summed E-state index contributed by atoms with van der Waals surface area (Å²) in [4.78, 5) is 1.45. The van der Waals surface area contributed by atoms with E-state index < -0.39 is 0 Å². The molecule has 1 aromatic carbocycles. The van der Waals surface area contributed by atoms with Gasteiger partial charge in [-0.05, 0) is 49.4 Å². The van der Waals surface area contributed by atoms with E-state index in [0.29, 0.717) is 10.8 Å². The standard InChI is InChI=1S/C16H25NS/c1-11(2)17-12-7-8-14-13(9-12)15(3,4)10-16(5,6)18-14/h7-9,11,17H,10H2,1-6H3. The molecule has 0 saturated heterocycles. The minimum atomic E-state index is 0.263. The van der Waals surface area contributed by atoms with Crippen LogP contribution in [0.15, 0.2) is 23.1 Å². The van der Waals surface area contributed by atoms with Crippen LogP contribution in [0, 0.1) is 0 Å². The van der Waals surface area contributed by atoms with Gasteiger partial charge in [-0.2, -0.15) is 0 Å². The molecular formula is C16H25NS. The summed E-state index contributed by atoms with van der Waals surface area (Å²) in [5, 5.41) is 3.50. The topological polar surface area (TPSA) is 12.0 Å². The van der Waals surface area contributed by atoms with Crippen LogP contribution < -0.4 is 5.32 Å². The summed E-state index contributed by atoms with van der Waals surface area (Å²) in [5.41, 5.74) is 3.01. The van der Waals surface area contributed by atoms with E-state index in [1.54, 1.807) is 0 Å². The first-order valence-electron chi connectivity index (χ1n) is 6.80. The van der Waals surface area contributed by atoms with Crippen LogP contribution in [0.5, 0.6) is 0 Å². The fourth-order valence-corrected chi connectivity index (χ4v) is 4.67. The van der Waals surface area contributed by atoms with E-state index in [0.717, 1.165) is 0 Å². The third-order valence-corrected chi connectivity index (χ3v) is 4.69. The summed E-state index contributed by atoms with van der Waals surface area (Å²) in [7, 11) is 0. The molecule has 0 unspecified atom stereocenters. The quantitative estimate of drug-likeness (QED) is 0.800. The van der Waals surface area contributed by atoms with Gasteiger partial charge in [0, 0.05) is 21.4 Å². The molecule has 0 aromatic heterocycles. The molecule has 1 aliphatic rings. The molecule has 0 saturated carbocycles. The van der Waals surface area contributed by atoms with Gasteiger partial charge in [-0.1, -0.05) is 27.7 Å². The normalized spacial score (nSPS) is 20.6. The van der Waals surface area contributed by atoms with Gasteiger partial charge in [0.1, 0.15) is 0 Å². The van der Waals surface area contributed by atoms with Crippen LogP contribution in [0.3, 0.4) is 0 Å². The first kappa shape index (κ1) is 13.8. The van der Waals surface area contributed by atoms with Crippen LogP contribution in [0.25, 0.3) is 0 Å². The average Bonchev–Trinajstić information content (AvgIpc) is 2.15. The van der Waals surface area contributed by atoms with Gasteiger partial charge in [-0.25, -0.2) is 0 Å². The van der Waals surface area contributed by atoms with Crippen molar-refractivity contribution >= 4 is 17.4 Å². The maximum absolute atomic E-state index is 3.50. The number of anilines is 1. The maximum atomic E-state index is 3.50. The van der Waals surface area contributed by atoms with Crippen molar-refractivity contribution in [1.82, 2.24) is 0 Å². The van der Waals surface area contributed by atoms with Crippen LogP contribution in [0.4, 0.5) is 5.69 Å². The van der Waals surface area contributed by atoms with Crippen LogP contribution >= 0.6 is 11.8 Å². The van der Waals surface area contributed by atoms with E-state index in [2.05, 4.69) is 65.1 Å². The molecule has 1 nitrogen and oxygen atoms in total. The van der Waals surface area contributed by atoms with Gasteiger partial charge in [0.15, 0.2) is 0 Å². The Morgan fingerprint density at radius 3 is 2.44 bits per heavy atom. The van der Waals surface area contributed by atoms with Crippen molar-refractivity contribution in [2.75, 3.05) is 5.32 Å². The van der Waals surface area contributed by atoms with E-state index in [9.17, 15) is 0 Å². The molecule has 0 radical (unpaired) electrons. The third kappa shape index (κ3) is 2.85. The third-order valence-electron chi connectivity index (χ3n) is 3.42. The van der Waals surface area contributed by atoms with Gasteiger partial charge >= 0.3 is 0 Å². The van der Waals surface area contributed by atoms with Gasteiger partial charge in [-0.3, -0.25) is 0 Å². The summed E-state index contributed by atoms with van der Waals surface area (Å²) in [5.74, 6) is 0. The van der Waals surface area contributed by atoms with Crippen molar-refractivity contribution in [3.8, 4) is 0 Å². The van der Waals surface area contributed by atoms with E-state index >= 15 is 0 Å². The second-order valence-corrected chi connectivity index (χ2v) is 8.68. The molecule has 2 heteroatoms. The molecule has 0 fully saturated rings. The molecule has 1 aliphatic heterocycles. The molecule has 0 spiro atoms. The Morgan fingerprint density at radius 2 is 1.83 bits per heavy atom. The second-order valence-electron chi connectivity index (χ2n) is 6.93. The Kier molecular flexibility index (Phi) is 3.44. The number of benzene rings is 1. The van der Waals surface area contributed by atoms with Crippen LogP contribution in [0.2, 0.25) is 0 Å². The Balaban J connectivity index is 2.40. The second kappa shape index (κ2) is 4.48. The highest BCUT2D eigenvalue weighted by atomic mass is 32.2. The van der Waals surface area contributed by atoms with Gasteiger partial charge in [0.05, 0.1) is 0 Å². The maximum Gasteiger partial charge on any atom is 0.0345 e. The Hall–Kier alpha value is -0.630. The lowest BCUT2D eigenvalue weighted by Crippen LogP contribution is -2.33. The lowest BCUT2D eigenvalue weighted by Gasteiger charge is -2.42. The molecule has 2 rings (SSSR count). The summed E-state index contributed by atoms with van der Waals surface area (Å²) in [6.07, 6.45) is 1.22. The Labute approximate surface area is 116 Å². The Bertz CT molecular complexity index is 446. The van der Waals surface area contributed by atoms with Gasteiger partial charge in [0.2, 0.25) is 0 Å². The number of hydrogen-bond acceptors (Lipinski definition) is 2. The van der Waals surface area contributed by atoms with Crippen molar-refractivity contribution in [3.63, 3.8) is 0 Å². The zero-order valence-corrected chi connectivity index (χ0v) is 13.2. The van der Waals surface area contributed by atoms with Gasteiger partial charge in [0.25, 0.3) is 0 Å². The molecule has 1 aromatic rings. The van der Waals surface area contributed by atoms with Gasteiger partial charge in [-0.15, -0.1) is 11.8 Å². The molecule has 0 aliphatic carbocycles. The molecule has 1 N–H and O–H groups in total. The van der Waals surface area contributed by atoms with Crippen molar-refractivity contribution in [2.24, 2.45) is 0 Å². The predicted octanol–water partition coefficient (Wildman–Crippen LogP) is 5.06. The molecule has 100 valence electrons. The van der Waals surface area contributed by atoms with Crippen LogP contribution in [-0.4, -0.2) is 10.8 Å². The molecule has 0 amide bonds. The largest absolute Gasteiger partial charge is 0.383 e. The number of thioether (sulfide) groups is 1. The van der Waals surface area contributed by atoms with E-state index in [1.165, 1.54) is 22.6 Å². The summed E-state index contributed by atoms with van der Waals surface area (Å²) in [6, 6.07) is 7.33. The summed E-state index contributed by atoms with van der Waals surface area (Å²) < 4.78 is 0.337. The van der Waals surface area contributed by atoms with E-state index in [-0.39, 0.29) is 5.41 Å². The fourth-order valence-electron chi connectivity index (χ4n) is 3.06. The zero-order chi connectivity index (χ0) is 13.6. The number of fused-ring (bicyclic) bond motifs is 1. The van der Waals surface area contributed by atoms with Crippen molar-refractivity contribution in [2.45, 2.75) is 69.1 Å². The van der Waals surface area contributed by atoms with Gasteiger partial charge < -0.3 is 5.32 Å². The number of rotatable bonds is 2. The summed E-state index contributed by atoms with van der Waals surface area (Å²) in [6.45, 7) is 13.8. The molecule has 0 bridgehead atoms. The zero-order valence-electron chi connectivity index (χ0n) is 12.4. The van der Waals surface area contributed by atoms with Crippen LogP contribution in [0.1, 0.15) is 53.5 Å².